The first-order valence-corrected chi connectivity index (χ1v) is 9.79. The van der Waals surface area contributed by atoms with Crippen LogP contribution in [0.15, 0.2) is 52.5 Å². The topological polar surface area (TPSA) is 97.3 Å². The van der Waals surface area contributed by atoms with Crippen molar-refractivity contribution in [2.45, 2.75) is 11.8 Å². The van der Waals surface area contributed by atoms with Gasteiger partial charge in [0, 0.05) is 7.05 Å². The van der Waals surface area contributed by atoms with Gasteiger partial charge in [-0.25, -0.2) is 13.8 Å². The highest BCUT2D eigenvalue weighted by Crippen LogP contribution is 2.27. The maximum atomic E-state index is 12.8. The molecule has 0 aromatic heterocycles. The Labute approximate surface area is 164 Å². The largest absolute Gasteiger partial charge is 0.497 e. The van der Waals surface area contributed by atoms with Gasteiger partial charge in [0.05, 0.1) is 27.0 Å². The summed E-state index contributed by atoms with van der Waals surface area (Å²) in [5.74, 6) is 0.305. The van der Waals surface area contributed by atoms with Crippen LogP contribution in [0.2, 0.25) is 0 Å². The molecule has 0 spiro atoms. The number of hydrogen-bond donors (Lipinski definition) is 1. The minimum absolute atomic E-state index is 0.00480. The van der Waals surface area contributed by atoms with Crippen LogP contribution >= 0.6 is 0 Å². The maximum Gasteiger partial charge on any atom is 0.255 e. The molecule has 0 radical (unpaired) electrons. The zero-order valence-electron chi connectivity index (χ0n) is 16.2. The van der Waals surface area contributed by atoms with Gasteiger partial charge in [-0.1, -0.05) is 18.2 Å². The minimum atomic E-state index is -3.91. The van der Waals surface area contributed by atoms with Crippen LogP contribution in [0.25, 0.3) is 0 Å². The number of amides is 1. The van der Waals surface area contributed by atoms with Crippen LogP contribution in [0, 0.1) is 6.92 Å². The van der Waals surface area contributed by atoms with E-state index in [1.807, 2.05) is 0 Å². The Morgan fingerprint density at radius 3 is 2.61 bits per heavy atom. The summed E-state index contributed by atoms with van der Waals surface area (Å²) in [4.78, 5) is 12.1. The van der Waals surface area contributed by atoms with Crippen LogP contribution in [0.3, 0.4) is 0 Å². The molecule has 2 rings (SSSR count). The molecule has 0 aliphatic heterocycles. The molecule has 1 N–H and O–H groups in total. The molecule has 2 aromatic rings. The third-order valence-corrected chi connectivity index (χ3v) is 5.69. The van der Waals surface area contributed by atoms with Crippen LogP contribution in [0.4, 0.5) is 0 Å². The van der Waals surface area contributed by atoms with E-state index in [-0.39, 0.29) is 10.6 Å². The van der Waals surface area contributed by atoms with Gasteiger partial charge in [0.1, 0.15) is 16.4 Å². The van der Waals surface area contributed by atoms with Crippen LogP contribution in [-0.4, -0.2) is 52.7 Å². The van der Waals surface area contributed by atoms with Gasteiger partial charge >= 0.3 is 0 Å². The summed E-state index contributed by atoms with van der Waals surface area (Å²) in [5, 5.41) is 3.85. The van der Waals surface area contributed by atoms with Gasteiger partial charge in [-0.3, -0.25) is 4.79 Å². The smallest absolute Gasteiger partial charge is 0.255 e. The Balaban J connectivity index is 2.05. The Hall–Kier alpha value is -2.91. The molecule has 0 atom stereocenters. The number of ether oxygens (including phenoxy) is 2. The lowest BCUT2D eigenvalue weighted by atomic mass is 10.2. The molecule has 0 saturated heterocycles. The molecule has 1 amide bonds. The number of hydrogen-bond acceptors (Lipinski definition) is 6. The molecule has 0 fully saturated rings. The second kappa shape index (κ2) is 9.34. The Morgan fingerprint density at radius 2 is 1.93 bits per heavy atom. The monoisotopic (exact) mass is 405 g/mol. The van der Waals surface area contributed by atoms with Gasteiger partial charge < -0.3 is 9.47 Å². The van der Waals surface area contributed by atoms with E-state index in [1.54, 1.807) is 50.4 Å². The molecule has 0 bridgehead atoms. The highest BCUT2D eigenvalue weighted by atomic mass is 32.2. The van der Waals surface area contributed by atoms with Gasteiger partial charge in [-0.15, -0.1) is 0 Å². The number of likely N-dealkylation sites (N-methyl/N-ethyl adjacent to an activating group) is 1. The van der Waals surface area contributed by atoms with Crippen molar-refractivity contribution >= 4 is 22.1 Å². The van der Waals surface area contributed by atoms with Crippen LogP contribution < -0.4 is 14.9 Å². The van der Waals surface area contributed by atoms with E-state index in [2.05, 4.69) is 10.5 Å². The Bertz CT molecular complexity index is 973. The van der Waals surface area contributed by atoms with Crippen LogP contribution in [-0.2, 0) is 14.8 Å². The highest BCUT2D eigenvalue weighted by Gasteiger charge is 2.26. The van der Waals surface area contributed by atoms with Gasteiger partial charge in [-0.2, -0.15) is 9.41 Å². The van der Waals surface area contributed by atoms with Crippen LogP contribution in [0.5, 0.6) is 11.5 Å². The van der Waals surface area contributed by atoms with E-state index in [0.717, 1.165) is 15.4 Å². The average Bonchev–Trinajstić information content (AvgIpc) is 2.68. The standard InChI is InChI=1S/C19H23N3O5S/c1-14-8-9-17(27-4)18(10-14)28(24,25)22(2)13-19(23)21-20-12-15-6-5-7-16(11-15)26-3/h5-12H,13H2,1-4H3,(H,21,23). The van der Waals surface area contributed by atoms with E-state index in [4.69, 9.17) is 9.47 Å². The zero-order valence-corrected chi connectivity index (χ0v) is 17.0. The molecule has 0 unspecified atom stereocenters. The molecule has 0 aliphatic rings. The first-order chi connectivity index (χ1) is 13.3. The number of hydrazone groups is 1. The van der Waals surface area contributed by atoms with Crippen molar-refractivity contribution < 1.29 is 22.7 Å². The molecule has 150 valence electrons. The molecule has 9 heteroatoms. The zero-order chi connectivity index (χ0) is 20.7. The van der Waals surface area contributed by atoms with Gasteiger partial charge in [0.15, 0.2) is 0 Å². The second-order valence-electron chi connectivity index (χ2n) is 5.99. The molecular weight excluding hydrogens is 382 g/mol. The summed E-state index contributed by atoms with van der Waals surface area (Å²) in [6.07, 6.45) is 1.44. The summed E-state index contributed by atoms with van der Waals surface area (Å²) >= 11 is 0. The third kappa shape index (κ3) is 5.30. The quantitative estimate of drug-likeness (QED) is 0.533. The number of benzene rings is 2. The summed E-state index contributed by atoms with van der Waals surface area (Å²) in [6, 6.07) is 11.9. The second-order valence-corrected chi connectivity index (χ2v) is 8.00. The molecular formula is C19H23N3O5S. The number of carbonyl (C=O) groups is 1. The van der Waals surface area contributed by atoms with Gasteiger partial charge in [0.2, 0.25) is 10.0 Å². The number of nitrogens with zero attached hydrogens (tertiary/aromatic N) is 2. The average molecular weight is 405 g/mol. The summed E-state index contributed by atoms with van der Waals surface area (Å²) < 4.78 is 36.7. The minimum Gasteiger partial charge on any atom is -0.497 e. The lowest BCUT2D eigenvalue weighted by Gasteiger charge is -2.18. The number of aryl methyl sites for hydroxylation is 1. The van der Waals surface area contributed by atoms with Crippen molar-refractivity contribution in [1.82, 2.24) is 9.73 Å². The summed E-state index contributed by atoms with van der Waals surface area (Å²) in [5.41, 5.74) is 3.81. The molecule has 0 heterocycles. The predicted octanol–water partition coefficient (Wildman–Crippen LogP) is 1.78. The van der Waals surface area contributed by atoms with Crippen molar-refractivity contribution in [2.75, 3.05) is 27.8 Å². The summed E-state index contributed by atoms with van der Waals surface area (Å²) in [6.45, 7) is 1.38. The lowest BCUT2D eigenvalue weighted by Crippen LogP contribution is -2.36. The molecule has 0 saturated carbocycles. The van der Waals surface area contributed by atoms with E-state index < -0.39 is 22.5 Å². The number of sulfonamides is 1. The number of methoxy groups -OCH3 is 2. The maximum absolute atomic E-state index is 12.8. The Kier molecular flexibility index (Phi) is 7.13. The van der Waals surface area contributed by atoms with Crippen molar-refractivity contribution in [2.24, 2.45) is 5.10 Å². The first-order valence-electron chi connectivity index (χ1n) is 8.35. The van der Waals surface area contributed by atoms with Gasteiger partial charge in [0.25, 0.3) is 5.91 Å². The highest BCUT2D eigenvalue weighted by molar-refractivity contribution is 7.89. The molecule has 0 aliphatic carbocycles. The van der Waals surface area contributed by atoms with Gasteiger partial charge in [-0.05, 0) is 42.3 Å². The first kappa shape index (κ1) is 21.4. The number of carbonyl (C=O) groups excluding carboxylic acids is 1. The fourth-order valence-corrected chi connectivity index (χ4v) is 3.74. The predicted molar refractivity (Wildman–Crippen MR) is 106 cm³/mol. The van der Waals surface area contributed by atoms with E-state index in [1.165, 1.54) is 26.4 Å². The lowest BCUT2D eigenvalue weighted by molar-refractivity contribution is -0.121. The van der Waals surface area contributed by atoms with E-state index >= 15 is 0 Å². The van der Waals surface area contributed by atoms with Crippen LogP contribution in [0.1, 0.15) is 11.1 Å². The SMILES string of the molecule is COc1cccc(C=NNC(=O)CN(C)S(=O)(=O)c2cc(C)ccc2OC)c1. The molecule has 28 heavy (non-hydrogen) atoms. The number of nitrogens with one attached hydrogen (secondary N) is 1. The fraction of sp³-hybridized carbons (Fsp3) is 0.263. The normalized spacial score (nSPS) is 11.6. The van der Waals surface area contributed by atoms with Crippen molar-refractivity contribution in [1.29, 1.82) is 0 Å². The van der Waals surface area contributed by atoms with E-state index in [9.17, 15) is 13.2 Å². The summed E-state index contributed by atoms with van der Waals surface area (Å²) in [7, 11) is 0.361. The molecule has 8 nitrogen and oxygen atoms in total. The fourth-order valence-electron chi connectivity index (χ4n) is 2.38. The van der Waals surface area contributed by atoms with E-state index in [0.29, 0.717) is 5.75 Å². The molecule has 2 aromatic carbocycles. The van der Waals surface area contributed by atoms with Crippen molar-refractivity contribution in [3.8, 4) is 11.5 Å². The van der Waals surface area contributed by atoms with Crippen molar-refractivity contribution in [3.05, 3.63) is 53.6 Å². The van der Waals surface area contributed by atoms with Crippen molar-refractivity contribution in [3.63, 3.8) is 0 Å². The number of rotatable bonds is 8. The third-order valence-electron chi connectivity index (χ3n) is 3.87. The Morgan fingerprint density at radius 1 is 1.18 bits per heavy atom.